The van der Waals surface area contributed by atoms with Crippen LogP contribution in [0.2, 0.25) is 0 Å². The van der Waals surface area contributed by atoms with Crippen molar-refractivity contribution in [2.75, 3.05) is 0 Å². The summed E-state index contributed by atoms with van der Waals surface area (Å²) in [5, 5.41) is 3.41. The van der Waals surface area contributed by atoms with E-state index in [2.05, 4.69) is 24.1 Å². The Bertz CT molecular complexity index is 302. The Morgan fingerprint density at radius 3 is 2.69 bits per heavy atom. The molecule has 1 aliphatic rings. The molecule has 90 valence electrons. The van der Waals surface area contributed by atoms with Crippen LogP contribution < -0.4 is 5.32 Å². The summed E-state index contributed by atoms with van der Waals surface area (Å²) in [7, 11) is 0. The normalized spacial score (nSPS) is 16.9. The molecule has 0 fully saturated rings. The summed E-state index contributed by atoms with van der Waals surface area (Å²) in [4.78, 5) is 8.19. The first-order valence-electron chi connectivity index (χ1n) is 6.55. The van der Waals surface area contributed by atoms with Crippen molar-refractivity contribution in [3.63, 3.8) is 0 Å². The maximum Gasteiger partial charge on any atom is 0.120 e. The molecular formula is C13H23N3. The highest BCUT2D eigenvalue weighted by molar-refractivity contribution is 5.16. The van der Waals surface area contributed by atoms with Crippen molar-refractivity contribution in [1.29, 1.82) is 0 Å². The van der Waals surface area contributed by atoms with Gasteiger partial charge in [0.25, 0.3) is 0 Å². The van der Waals surface area contributed by atoms with Gasteiger partial charge in [0.05, 0.1) is 12.2 Å². The van der Waals surface area contributed by atoms with Crippen molar-refractivity contribution in [2.45, 2.75) is 65.0 Å². The zero-order valence-electron chi connectivity index (χ0n) is 10.5. The van der Waals surface area contributed by atoms with E-state index in [0.717, 1.165) is 18.8 Å². The van der Waals surface area contributed by atoms with Crippen LogP contribution in [0, 0.1) is 0 Å². The predicted octanol–water partition coefficient (Wildman–Crippen LogP) is 2.57. The van der Waals surface area contributed by atoms with Crippen molar-refractivity contribution in [1.82, 2.24) is 15.3 Å². The van der Waals surface area contributed by atoms with E-state index in [1.54, 1.807) is 0 Å². The van der Waals surface area contributed by atoms with Crippen LogP contribution in [0.1, 0.15) is 56.7 Å². The summed E-state index contributed by atoms with van der Waals surface area (Å²) in [5.74, 6) is 1.11. The average Bonchev–Trinajstić information content (AvgIpc) is 2.57. The van der Waals surface area contributed by atoms with Crippen LogP contribution in [0.4, 0.5) is 0 Å². The number of nitrogens with one attached hydrogen (secondary N) is 2. The summed E-state index contributed by atoms with van der Waals surface area (Å²) in [6, 6.07) is 0.521. The fourth-order valence-electron chi connectivity index (χ4n) is 2.25. The summed E-state index contributed by atoms with van der Waals surface area (Å²) in [5.41, 5.74) is 2.71. The molecule has 1 heterocycles. The van der Waals surface area contributed by atoms with E-state index in [1.807, 2.05) is 0 Å². The number of aryl methyl sites for hydroxylation is 2. The molecule has 2 rings (SSSR count). The molecule has 0 amide bonds. The number of imidazole rings is 1. The first kappa shape index (κ1) is 11.6. The lowest BCUT2D eigenvalue weighted by atomic mass is 10.0. The lowest BCUT2D eigenvalue weighted by Gasteiger charge is -2.06. The standard InChI is InChI=1S/C13H23N3/c1-10(2)14-9-13-15-11-7-5-3-4-6-8-12(11)16-13/h10,14H,3-9H2,1-2H3,(H,15,16). The predicted molar refractivity (Wildman–Crippen MR) is 66.4 cm³/mol. The molecule has 0 spiro atoms. The minimum atomic E-state index is 0.521. The molecule has 0 unspecified atom stereocenters. The molecular weight excluding hydrogens is 198 g/mol. The molecule has 0 atom stereocenters. The molecule has 0 radical (unpaired) electrons. The Hall–Kier alpha value is -0.830. The van der Waals surface area contributed by atoms with Crippen LogP contribution in [0.15, 0.2) is 0 Å². The molecule has 1 aromatic heterocycles. The van der Waals surface area contributed by atoms with Gasteiger partial charge in [-0.05, 0) is 25.7 Å². The Morgan fingerprint density at radius 2 is 1.94 bits per heavy atom. The Kier molecular flexibility index (Phi) is 3.99. The van der Waals surface area contributed by atoms with Crippen molar-refractivity contribution in [3.05, 3.63) is 17.2 Å². The van der Waals surface area contributed by atoms with Crippen molar-refractivity contribution in [2.24, 2.45) is 0 Å². The highest BCUT2D eigenvalue weighted by Gasteiger charge is 2.12. The van der Waals surface area contributed by atoms with Crippen molar-refractivity contribution >= 4 is 0 Å². The van der Waals surface area contributed by atoms with Gasteiger partial charge in [-0.15, -0.1) is 0 Å². The van der Waals surface area contributed by atoms with Gasteiger partial charge in [0.15, 0.2) is 0 Å². The fraction of sp³-hybridized carbons (Fsp3) is 0.769. The fourth-order valence-corrected chi connectivity index (χ4v) is 2.25. The van der Waals surface area contributed by atoms with Gasteiger partial charge in [0.2, 0.25) is 0 Å². The van der Waals surface area contributed by atoms with E-state index in [9.17, 15) is 0 Å². The van der Waals surface area contributed by atoms with Crippen LogP contribution in [0.25, 0.3) is 0 Å². The molecule has 0 bridgehead atoms. The molecule has 0 saturated carbocycles. The van der Waals surface area contributed by atoms with Crippen LogP contribution in [0.5, 0.6) is 0 Å². The Labute approximate surface area is 98.1 Å². The maximum absolute atomic E-state index is 4.71. The summed E-state index contributed by atoms with van der Waals surface area (Å²) in [6.45, 7) is 5.20. The van der Waals surface area contributed by atoms with Crippen LogP contribution in [-0.2, 0) is 19.4 Å². The number of aromatic nitrogens is 2. The van der Waals surface area contributed by atoms with Gasteiger partial charge < -0.3 is 10.3 Å². The summed E-state index contributed by atoms with van der Waals surface area (Å²) < 4.78 is 0. The summed E-state index contributed by atoms with van der Waals surface area (Å²) >= 11 is 0. The second-order valence-corrected chi connectivity index (χ2v) is 5.06. The van der Waals surface area contributed by atoms with Crippen LogP contribution in [0.3, 0.4) is 0 Å². The third-order valence-corrected chi connectivity index (χ3v) is 3.18. The zero-order chi connectivity index (χ0) is 11.4. The Balaban J connectivity index is 2.02. The highest BCUT2D eigenvalue weighted by Crippen LogP contribution is 2.18. The minimum Gasteiger partial charge on any atom is -0.345 e. The average molecular weight is 221 g/mol. The van der Waals surface area contributed by atoms with Crippen molar-refractivity contribution in [3.8, 4) is 0 Å². The van der Waals surface area contributed by atoms with E-state index in [4.69, 9.17) is 4.98 Å². The summed E-state index contributed by atoms with van der Waals surface area (Å²) in [6.07, 6.45) is 7.70. The third kappa shape index (κ3) is 3.08. The number of hydrogen-bond donors (Lipinski definition) is 2. The molecule has 3 nitrogen and oxygen atoms in total. The van der Waals surface area contributed by atoms with Crippen LogP contribution >= 0.6 is 0 Å². The number of rotatable bonds is 3. The largest absolute Gasteiger partial charge is 0.345 e. The number of nitrogens with zero attached hydrogens (tertiary/aromatic N) is 1. The van der Waals surface area contributed by atoms with Gasteiger partial charge in [-0.3, -0.25) is 0 Å². The molecule has 1 aromatic rings. The number of aromatic amines is 1. The van der Waals surface area contributed by atoms with Gasteiger partial charge in [0.1, 0.15) is 5.82 Å². The third-order valence-electron chi connectivity index (χ3n) is 3.18. The smallest absolute Gasteiger partial charge is 0.120 e. The molecule has 0 aromatic carbocycles. The topological polar surface area (TPSA) is 40.7 Å². The van der Waals surface area contributed by atoms with Gasteiger partial charge in [0, 0.05) is 11.7 Å². The van der Waals surface area contributed by atoms with Gasteiger partial charge in [-0.25, -0.2) is 4.98 Å². The quantitative estimate of drug-likeness (QED) is 0.823. The lowest BCUT2D eigenvalue weighted by molar-refractivity contribution is 0.574. The minimum absolute atomic E-state index is 0.521. The van der Waals surface area contributed by atoms with E-state index >= 15 is 0 Å². The van der Waals surface area contributed by atoms with E-state index in [0.29, 0.717) is 6.04 Å². The van der Waals surface area contributed by atoms with Gasteiger partial charge in [-0.2, -0.15) is 0 Å². The number of hydrogen-bond acceptors (Lipinski definition) is 2. The second kappa shape index (κ2) is 5.48. The number of fused-ring (bicyclic) bond motifs is 1. The second-order valence-electron chi connectivity index (χ2n) is 5.06. The number of H-pyrrole nitrogens is 1. The molecule has 0 saturated heterocycles. The Morgan fingerprint density at radius 1 is 1.19 bits per heavy atom. The van der Waals surface area contributed by atoms with Crippen LogP contribution in [-0.4, -0.2) is 16.0 Å². The zero-order valence-corrected chi connectivity index (χ0v) is 10.5. The van der Waals surface area contributed by atoms with Gasteiger partial charge in [-0.1, -0.05) is 26.7 Å². The first-order valence-corrected chi connectivity index (χ1v) is 6.55. The van der Waals surface area contributed by atoms with Crippen molar-refractivity contribution < 1.29 is 0 Å². The lowest BCUT2D eigenvalue weighted by Crippen LogP contribution is -2.22. The SMILES string of the molecule is CC(C)NCc1nc2c([nH]1)CCCCCC2. The molecule has 0 aliphatic heterocycles. The molecule has 2 N–H and O–H groups in total. The van der Waals surface area contributed by atoms with E-state index < -0.39 is 0 Å². The molecule has 3 heteroatoms. The van der Waals surface area contributed by atoms with E-state index in [1.165, 1.54) is 43.5 Å². The van der Waals surface area contributed by atoms with Gasteiger partial charge >= 0.3 is 0 Å². The molecule has 1 aliphatic carbocycles. The monoisotopic (exact) mass is 221 g/mol. The molecule has 16 heavy (non-hydrogen) atoms. The highest BCUT2D eigenvalue weighted by atomic mass is 15.0. The first-order chi connectivity index (χ1) is 7.75. The van der Waals surface area contributed by atoms with E-state index in [-0.39, 0.29) is 0 Å². The maximum atomic E-state index is 4.71.